The summed E-state index contributed by atoms with van der Waals surface area (Å²) in [5.41, 5.74) is 0. The lowest BCUT2D eigenvalue weighted by Crippen LogP contribution is -2.49. The molecule has 1 heterocycles. The summed E-state index contributed by atoms with van der Waals surface area (Å²) in [5.74, 6) is -0.736. The van der Waals surface area contributed by atoms with Crippen LogP contribution in [-0.4, -0.2) is 50.8 Å². The maximum Gasteiger partial charge on any atom is 0.241 e. The van der Waals surface area contributed by atoms with Crippen LogP contribution in [0, 0.1) is 5.82 Å². The number of carbonyl (C=O) groups is 1. The molecule has 1 aliphatic rings. The van der Waals surface area contributed by atoms with E-state index in [1.54, 1.807) is 19.1 Å². The number of rotatable bonds is 7. The molecule has 1 aromatic rings. The van der Waals surface area contributed by atoms with Gasteiger partial charge in [-0.15, -0.1) is 0 Å². The minimum atomic E-state index is -3.91. The van der Waals surface area contributed by atoms with Gasteiger partial charge >= 0.3 is 0 Å². The van der Waals surface area contributed by atoms with Gasteiger partial charge in [-0.1, -0.05) is 12.2 Å². The number of aliphatic hydroxyl groups excluding tert-OH is 1. The number of carbonyl (C=O) groups excluding carboxylic acids is 1. The van der Waals surface area contributed by atoms with Gasteiger partial charge < -0.3 is 15.2 Å². The zero-order valence-electron chi connectivity index (χ0n) is 13.7. The molecule has 0 saturated carbocycles. The average Bonchev–Trinajstić information content (AvgIpc) is 2.56. The van der Waals surface area contributed by atoms with E-state index in [0.29, 0.717) is 6.54 Å². The van der Waals surface area contributed by atoms with Crippen molar-refractivity contribution in [3.63, 3.8) is 0 Å². The Balaban J connectivity index is 2.08. The summed E-state index contributed by atoms with van der Waals surface area (Å²) in [6.07, 6.45) is 1.84. The monoisotopic (exact) mass is 372 g/mol. The molecule has 0 radical (unpaired) electrons. The second kappa shape index (κ2) is 8.52. The van der Waals surface area contributed by atoms with Crippen molar-refractivity contribution >= 4 is 15.9 Å². The third kappa shape index (κ3) is 5.33. The molecular formula is C16H21FN2O5S. The highest BCUT2D eigenvalue weighted by molar-refractivity contribution is 7.89. The largest absolute Gasteiger partial charge is 0.394 e. The van der Waals surface area contributed by atoms with Crippen LogP contribution in [0.4, 0.5) is 4.39 Å². The molecule has 0 saturated heterocycles. The zero-order chi connectivity index (χ0) is 18.4. The summed E-state index contributed by atoms with van der Waals surface area (Å²) < 4.78 is 45.6. The number of halogens is 1. The molecule has 0 aliphatic carbocycles. The van der Waals surface area contributed by atoms with Crippen LogP contribution in [0.3, 0.4) is 0 Å². The Morgan fingerprint density at radius 2 is 1.96 bits per heavy atom. The molecule has 7 nitrogen and oxygen atoms in total. The highest BCUT2D eigenvalue weighted by Gasteiger charge is 2.31. The first-order chi connectivity index (χ1) is 11.9. The maximum absolute atomic E-state index is 12.9. The van der Waals surface area contributed by atoms with Crippen LogP contribution in [-0.2, 0) is 19.6 Å². The molecule has 25 heavy (non-hydrogen) atoms. The fraction of sp³-hybridized carbons (Fsp3) is 0.438. The van der Waals surface area contributed by atoms with Gasteiger partial charge in [-0.3, -0.25) is 4.79 Å². The first kappa shape index (κ1) is 19.5. The van der Waals surface area contributed by atoms with Gasteiger partial charge in [-0.05, 0) is 31.2 Å². The van der Waals surface area contributed by atoms with Crippen LogP contribution < -0.4 is 10.0 Å². The van der Waals surface area contributed by atoms with Crippen molar-refractivity contribution in [3.8, 4) is 0 Å². The molecule has 1 amide bonds. The van der Waals surface area contributed by atoms with Crippen LogP contribution in [0.15, 0.2) is 41.3 Å². The Hall–Kier alpha value is -1.81. The molecule has 0 bridgehead atoms. The van der Waals surface area contributed by atoms with Gasteiger partial charge in [-0.2, -0.15) is 0 Å². The van der Waals surface area contributed by atoms with E-state index < -0.39 is 40.7 Å². The molecule has 3 atom stereocenters. The Labute approximate surface area is 145 Å². The standard InChI is InChI=1S/C16H21FN2O5S/c1-2-18-16(21)9-12-5-8-14(15(10-20)24-12)19-25(22,23)13-6-3-11(17)4-7-13/h3-8,12,14-15,19-20H,2,9-10H2,1H3,(H,18,21)/t12-,14-,15+/m1/s1. The first-order valence-corrected chi connectivity index (χ1v) is 9.33. The van der Waals surface area contributed by atoms with Crippen molar-refractivity contribution in [2.24, 2.45) is 0 Å². The normalized spacial score (nSPS) is 23.4. The number of ether oxygens (including phenoxy) is 1. The van der Waals surface area contributed by atoms with Crippen LogP contribution in [0.2, 0.25) is 0 Å². The first-order valence-electron chi connectivity index (χ1n) is 7.85. The minimum absolute atomic E-state index is 0.0816. The molecule has 138 valence electrons. The van der Waals surface area contributed by atoms with Gasteiger partial charge in [0.05, 0.1) is 30.1 Å². The molecule has 0 unspecified atom stereocenters. The van der Waals surface area contributed by atoms with Gasteiger partial charge in [0.25, 0.3) is 0 Å². The highest BCUT2D eigenvalue weighted by Crippen LogP contribution is 2.18. The summed E-state index contributed by atoms with van der Waals surface area (Å²) in [7, 11) is -3.91. The number of amides is 1. The molecular weight excluding hydrogens is 351 g/mol. The molecule has 3 N–H and O–H groups in total. The van der Waals surface area contributed by atoms with E-state index in [1.807, 2.05) is 0 Å². The molecule has 2 rings (SSSR count). The lowest BCUT2D eigenvalue weighted by molar-refractivity contribution is -0.125. The van der Waals surface area contributed by atoms with Gasteiger partial charge in [0.15, 0.2) is 0 Å². The molecule has 1 aromatic carbocycles. The summed E-state index contributed by atoms with van der Waals surface area (Å²) >= 11 is 0. The quantitative estimate of drug-likeness (QED) is 0.598. The Kier molecular flexibility index (Phi) is 6.65. The van der Waals surface area contributed by atoms with Crippen LogP contribution in [0.5, 0.6) is 0 Å². The van der Waals surface area contributed by atoms with Crippen LogP contribution in [0.25, 0.3) is 0 Å². The Morgan fingerprint density at radius 3 is 2.56 bits per heavy atom. The lowest BCUT2D eigenvalue weighted by Gasteiger charge is -2.31. The number of hydrogen-bond donors (Lipinski definition) is 3. The van der Waals surface area contributed by atoms with Crippen molar-refractivity contribution < 1.29 is 27.4 Å². The topological polar surface area (TPSA) is 105 Å². The second-order valence-corrected chi connectivity index (χ2v) is 7.25. The van der Waals surface area contributed by atoms with Crippen molar-refractivity contribution in [1.82, 2.24) is 10.0 Å². The number of aliphatic hydroxyl groups is 1. The second-order valence-electron chi connectivity index (χ2n) is 5.54. The Morgan fingerprint density at radius 1 is 1.28 bits per heavy atom. The molecule has 1 aliphatic heterocycles. The summed E-state index contributed by atoms with van der Waals surface area (Å²) in [4.78, 5) is 11.5. The van der Waals surface area contributed by atoms with E-state index in [0.717, 1.165) is 24.3 Å². The van der Waals surface area contributed by atoms with Crippen molar-refractivity contribution in [3.05, 3.63) is 42.2 Å². The van der Waals surface area contributed by atoms with Gasteiger partial charge in [0.2, 0.25) is 15.9 Å². The fourth-order valence-electron chi connectivity index (χ4n) is 2.42. The average molecular weight is 372 g/mol. The SMILES string of the molecule is CCNC(=O)C[C@H]1C=C[C@@H](NS(=O)(=O)c2ccc(F)cc2)[C@H](CO)O1. The van der Waals surface area contributed by atoms with E-state index >= 15 is 0 Å². The highest BCUT2D eigenvalue weighted by atomic mass is 32.2. The number of sulfonamides is 1. The van der Waals surface area contributed by atoms with E-state index in [4.69, 9.17) is 4.74 Å². The van der Waals surface area contributed by atoms with Crippen LogP contribution in [0.1, 0.15) is 13.3 Å². The number of benzene rings is 1. The van der Waals surface area contributed by atoms with E-state index in [1.165, 1.54) is 0 Å². The zero-order valence-corrected chi connectivity index (χ0v) is 14.5. The predicted octanol–water partition coefficient (Wildman–Crippen LogP) is 0.315. The van der Waals surface area contributed by atoms with Crippen molar-refractivity contribution in [2.75, 3.05) is 13.2 Å². The van der Waals surface area contributed by atoms with E-state index in [2.05, 4.69) is 10.0 Å². The maximum atomic E-state index is 12.9. The molecule has 0 fully saturated rings. The smallest absolute Gasteiger partial charge is 0.241 e. The summed E-state index contributed by atoms with van der Waals surface area (Å²) in [6, 6.07) is 3.60. The lowest BCUT2D eigenvalue weighted by atomic mass is 10.1. The van der Waals surface area contributed by atoms with E-state index in [-0.39, 0.29) is 17.2 Å². The van der Waals surface area contributed by atoms with Crippen LogP contribution >= 0.6 is 0 Å². The third-order valence-electron chi connectivity index (χ3n) is 3.64. The summed E-state index contributed by atoms with van der Waals surface area (Å²) in [5, 5.41) is 12.1. The molecule has 0 aromatic heterocycles. The Bertz CT molecular complexity index is 721. The molecule has 9 heteroatoms. The molecule has 0 spiro atoms. The number of hydrogen-bond acceptors (Lipinski definition) is 5. The minimum Gasteiger partial charge on any atom is -0.394 e. The van der Waals surface area contributed by atoms with Crippen molar-refractivity contribution in [2.45, 2.75) is 36.5 Å². The van der Waals surface area contributed by atoms with Gasteiger partial charge in [0, 0.05) is 6.54 Å². The summed E-state index contributed by atoms with van der Waals surface area (Å²) in [6.45, 7) is 1.87. The fourth-order valence-corrected chi connectivity index (χ4v) is 3.64. The third-order valence-corrected chi connectivity index (χ3v) is 5.11. The van der Waals surface area contributed by atoms with E-state index in [9.17, 15) is 22.7 Å². The predicted molar refractivity (Wildman–Crippen MR) is 88.7 cm³/mol. The van der Waals surface area contributed by atoms with Gasteiger partial charge in [-0.25, -0.2) is 17.5 Å². The van der Waals surface area contributed by atoms with Gasteiger partial charge in [0.1, 0.15) is 11.9 Å². The van der Waals surface area contributed by atoms with Crippen molar-refractivity contribution in [1.29, 1.82) is 0 Å². The number of nitrogens with one attached hydrogen (secondary N) is 2.